The van der Waals surface area contributed by atoms with Gasteiger partial charge >= 0.3 is 0 Å². The van der Waals surface area contributed by atoms with Crippen molar-refractivity contribution in [3.8, 4) is 17.0 Å². The van der Waals surface area contributed by atoms with Crippen LogP contribution in [0.25, 0.3) is 33.8 Å². The topological polar surface area (TPSA) is 136 Å². The van der Waals surface area contributed by atoms with Crippen LogP contribution in [0.4, 0.5) is 0 Å². The molecule has 1 aliphatic carbocycles. The second-order valence-electron chi connectivity index (χ2n) is 16.7. The molecule has 12 heteroatoms. The number of hydrogen-bond donors (Lipinski definition) is 2. The summed E-state index contributed by atoms with van der Waals surface area (Å²) < 4.78 is 37.9. The first-order valence-corrected chi connectivity index (χ1v) is 21.9. The van der Waals surface area contributed by atoms with Crippen LogP contribution in [0, 0.1) is 0 Å². The number of hydrogen-bond acceptors (Lipinski definition) is 7. The van der Waals surface area contributed by atoms with Crippen LogP contribution in [-0.4, -0.2) is 75.1 Å². The summed E-state index contributed by atoms with van der Waals surface area (Å²) >= 11 is 0. The highest BCUT2D eigenvalue weighted by Gasteiger charge is 2.37. The Morgan fingerprint density at radius 2 is 1.71 bits per heavy atom. The molecule has 300 valence electrons. The van der Waals surface area contributed by atoms with E-state index in [0.29, 0.717) is 30.2 Å². The van der Waals surface area contributed by atoms with Gasteiger partial charge in [0.15, 0.2) is 0 Å². The van der Waals surface area contributed by atoms with Crippen LogP contribution < -0.4 is 9.46 Å². The van der Waals surface area contributed by atoms with Gasteiger partial charge in [0.2, 0.25) is 10.0 Å². The highest BCUT2D eigenvalue weighted by Crippen LogP contribution is 2.48. The smallest absolute Gasteiger partial charge is 0.264 e. The normalized spacial score (nSPS) is 19.8. The van der Waals surface area contributed by atoms with Gasteiger partial charge in [-0.25, -0.2) is 13.1 Å². The third-order valence-corrected chi connectivity index (χ3v) is 13.8. The summed E-state index contributed by atoms with van der Waals surface area (Å²) in [6.07, 6.45) is 12.1. The van der Waals surface area contributed by atoms with E-state index >= 15 is 0 Å². The van der Waals surface area contributed by atoms with Crippen molar-refractivity contribution >= 4 is 44.4 Å². The van der Waals surface area contributed by atoms with Gasteiger partial charge in [-0.1, -0.05) is 25.3 Å². The monoisotopic (exact) mass is 783 g/mol. The number of carbonyl (C=O) groups is 2. The van der Waals surface area contributed by atoms with Crippen molar-refractivity contribution in [2.45, 2.75) is 141 Å². The number of amides is 2. The number of aliphatic hydroxyl groups excluding tert-OH is 1. The van der Waals surface area contributed by atoms with Gasteiger partial charge in [0.05, 0.1) is 48.2 Å². The number of piperidine rings is 1. The number of nitrogens with one attached hydrogen (secondary N) is 1. The van der Waals surface area contributed by atoms with Gasteiger partial charge in [-0.05, 0) is 139 Å². The van der Waals surface area contributed by atoms with E-state index in [1.807, 2.05) is 33.8 Å². The molecule has 56 heavy (non-hydrogen) atoms. The molecule has 11 nitrogen and oxygen atoms in total. The third-order valence-electron chi connectivity index (χ3n) is 12.1. The van der Waals surface area contributed by atoms with Crippen molar-refractivity contribution < 1.29 is 27.9 Å². The van der Waals surface area contributed by atoms with E-state index in [-0.39, 0.29) is 29.6 Å². The Morgan fingerprint density at radius 3 is 2.39 bits per heavy atom. The van der Waals surface area contributed by atoms with Crippen LogP contribution in [-0.2, 0) is 16.6 Å². The molecule has 0 radical (unpaired) electrons. The molecule has 0 bridgehead atoms. The predicted molar refractivity (Wildman–Crippen MR) is 221 cm³/mol. The van der Waals surface area contributed by atoms with E-state index in [2.05, 4.69) is 42.2 Å². The van der Waals surface area contributed by atoms with Crippen molar-refractivity contribution in [2.75, 3.05) is 7.11 Å². The summed E-state index contributed by atoms with van der Waals surface area (Å²) in [6, 6.07) is 11.5. The van der Waals surface area contributed by atoms with E-state index in [4.69, 9.17) is 9.84 Å². The number of aromatic nitrogens is 3. The molecule has 2 aromatic carbocycles. The average molecular weight is 784 g/mol. The predicted octanol–water partition coefficient (Wildman–Crippen LogP) is 8.32. The molecule has 2 aliphatic heterocycles. The number of nitrogens with zero attached hydrogens (tertiary/aromatic N) is 4. The highest BCUT2D eigenvalue weighted by atomic mass is 32.2. The first-order valence-electron chi connectivity index (χ1n) is 20.4. The Balaban J connectivity index is 1.46. The Hall–Kier alpha value is -4.42. The second kappa shape index (κ2) is 15.8. The molecular formula is C44H57N5O6S. The Bertz CT molecular complexity index is 2280. The largest absolute Gasteiger partial charge is 0.497 e. The molecule has 1 saturated heterocycles. The van der Waals surface area contributed by atoms with E-state index in [9.17, 15) is 23.1 Å². The molecule has 4 heterocycles. The Kier molecular flexibility index (Phi) is 11.3. The zero-order chi connectivity index (χ0) is 40.1. The number of aliphatic hydroxyl groups is 1. The molecule has 3 atom stereocenters. The van der Waals surface area contributed by atoms with E-state index in [1.54, 1.807) is 40.1 Å². The number of benzene rings is 2. The first kappa shape index (κ1) is 39.8. The number of carbonyl (C=O) groups excluding carboxylic acids is 2. The minimum Gasteiger partial charge on any atom is -0.497 e. The third kappa shape index (κ3) is 7.42. The fraction of sp³-hybridized carbons (Fsp3) is 0.523. The van der Waals surface area contributed by atoms with Crippen LogP contribution in [0.2, 0.25) is 0 Å². The van der Waals surface area contributed by atoms with Crippen LogP contribution in [0.3, 0.4) is 0 Å². The molecule has 2 amide bonds. The number of fused-ring (bicyclic) bond motifs is 5. The van der Waals surface area contributed by atoms with Crippen LogP contribution >= 0.6 is 0 Å². The van der Waals surface area contributed by atoms with Gasteiger partial charge in [-0.3, -0.25) is 14.3 Å². The standard InChI is InChI=1S/C44H57N5O6S/c1-26(2)49-41(38(24-45-49)44(52)48-28(5)12-11-15-34(48)20-29(6)50)33-21-32-22-35(55-7)17-19-36(32)42-40(30-13-9-8-10-14-30)37-18-16-31(23-39(37)47(42)25-33)43(51)46-56(53,54)27(3)4/h16-19,21-24,26-30,34,50H,8-15,20,25H2,1-7H3,(H,46,51). The molecule has 3 unspecified atom stereocenters. The maximum Gasteiger partial charge on any atom is 0.264 e. The maximum atomic E-state index is 14.9. The first-order chi connectivity index (χ1) is 26.7. The molecular weight excluding hydrogens is 727 g/mol. The maximum absolute atomic E-state index is 14.9. The molecule has 4 aromatic rings. The number of methoxy groups -OCH3 is 1. The zero-order valence-electron chi connectivity index (χ0n) is 33.8. The summed E-state index contributed by atoms with van der Waals surface area (Å²) in [5.41, 5.74) is 7.50. The molecule has 7 rings (SSSR count). The van der Waals surface area contributed by atoms with Crippen molar-refractivity contribution in [1.82, 2.24) is 24.0 Å². The molecule has 1 saturated carbocycles. The van der Waals surface area contributed by atoms with Gasteiger partial charge in [0, 0.05) is 40.2 Å². The summed E-state index contributed by atoms with van der Waals surface area (Å²) in [7, 11) is -2.20. The number of ether oxygens (including phenoxy) is 1. The van der Waals surface area contributed by atoms with Crippen LogP contribution in [0.1, 0.15) is 149 Å². The van der Waals surface area contributed by atoms with Gasteiger partial charge in [-0.15, -0.1) is 0 Å². The Morgan fingerprint density at radius 1 is 0.964 bits per heavy atom. The van der Waals surface area contributed by atoms with E-state index in [1.165, 1.54) is 12.0 Å². The summed E-state index contributed by atoms with van der Waals surface area (Å²) in [5.74, 6) is 0.250. The lowest BCUT2D eigenvalue weighted by Gasteiger charge is -2.41. The lowest BCUT2D eigenvalue weighted by atomic mass is 9.81. The van der Waals surface area contributed by atoms with Gasteiger partial charge in [-0.2, -0.15) is 5.10 Å². The number of allylic oxidation sites excluding steroid dienone is 1. The SMILES string of the molecule is COc1ccc2c(c1)C=C(c1c(C(=O)N3C(C)CCCC3CC(C)O)cnn1C(C)C)Cn1c-2c(C2CCCCC2)c2ccc(C(=O)NS(=O)(=O)C(C)C)cc21. The summed E-state index contributed by atoms with van der Waals surface area (Å²) in [4.78, 5) is 30.5. The molecule has 3 aliphatic rings. The van der Waals surface area contributed by atoms with Crippen molar-refractivity contribution in [1.29, 1.82) is 0 Å². The van der Waals surface area contributed by atoms with Crippen LogP contribution in [0.15, 0.2) is 42.6 Å². The molecule has 2 fully saturated rings. The van der Waals surface area contributed by atoms with Gasteiger partial charge in [0.1, 0.15) is 5.75 Å². The number of sulfonamides is 1. The van der Waals surface area contributed by atoms with E-state index in [0.717, 1.165) is 83.9 Å². The molecule has 0 spiro atoms. The minimum atomic E-state index is -3.86. The summed E-state index contributed by atoms with van der Waals surface area (Å²) in [5, 5.41) is 15.6. The van der Waals surface area contributed by atoms with Gasteiger partial charge < -0.3 is 19.3 Å². The average Bonchev–Trinajstić information content (AvgIpc) is 3.69. The number of rotatable bonds is 10. The van der Waals surface area contributed by atoms with Gasteiger partial charge in [0.25, 0.3) is 11.8 Å². The Labute approximate surface area is 331 Å². The quantitative estimate of drug-likeness (QED) is 0.165. The van der Waals surface area contributed by atoms with E-state index < -0.39 is 27.3 Å². The molecule has 2 N–H and O–H groups in total. The lowest BCUT2D eigenvalue weighted by molar-refractivity contribution is 0.0362. The van der Waals surface area contributed by atoms with Crippen molar-refractivity contribution in [3.63, 3.8) is 0 Å². The lowest BCUT2D eigenvalue weighted by Crippen LogP contribution is -2.50. The fourth-order valence-electron chi connectivity index (χ4n) is 9.28. The number of likely N-dealkylation sites (tertiary alicyclic amines) is 1. The van der Waals surface area contributed by atoms with Crippen molar-refractivity contribution in [3.05, 3.63) is 70.5 Å². The zero-order valence-corrected chi connectivity index (χ0v) is 34.7. The fourth-order valence-corrected chi connectivity index (χ4v) is 9.89. The minimum absolute atomic E-state index is 0.00507. The highest BCUT2D eigenvalue weighted by molar-refractivity contribution is 7.90. The van der Waals surface area contributed by atoms with Crippen molar-refractivity contribution in [2.24, 2.45) is 0 Å². The summed E-state index contributed by atoms with van der Waals surface area (Å²) in [6.45, 7) is 11.5. The second-order valence-corrected chi connectivity index (χ2v) is 19.0. The van der Waals surface area contributed by atoms with Crippen LogP contribution in [0.5, 0.6) is 5.75 Å². The molecule has 2 aromatic heterocycles.